The smallest absolute Gasteiger partial charge is 0.326 e. The van der Waals surface area contributed by atoms with Crippen molar-refractivity contribution in [3.05, 3.63) is 125 Å². The van der Waals surface area contributed by atoms with E-state index in [0.717, 1.165) is 33.5 Å². The Labute approximate surface area is 251 Å². The molecular formula is C35H36N2O4S. The highest BCUT2D eigenvalue weighted by molar-refractivity contribution is 7.98. The van der Waals surface area contributed by atoms with E-state index in [1.807, 2.05) is 92.0 Å². The van der Waals surface area contributed by atoms with Crippen molar-refractivity contribution in [3.8, 4) is 11.1 Å². The van der Waals surface area contributed by atoms with Gasteiger partial charge in [-0.05, 0) is 96.5 Å². The number of rotatable bonds is 13. The van der Waals surface area contributed by atoms with Crippen molar-refractivity contribution >= 4 is 35.1 Å². The zero-order valence-electron chi connectivity index (χ0n) is 24.2. The summed E-state index contributed by atoms with van der Waals surface area (Å²) in [7, 11) is 0. The number of nitrogens with one attached hydrogen (secondary N) is 1. The van der Waals surface area contributed by atoms with Crippen molar-refractivity contribution in [1.29, 1.82) is 0 Å². The highest BCUT2D eigenvalue weighted by atomic mass is 32.2. The summed E-state index contributed by atoms with van der Waals surface area (Å²) in [6.45, 7) is 4.77. The van der Waals surface area contributed by atoms with E-state index in [1.54, 1.807) is 24.8 Å². The fraction of sp³-hybridized carbons (Fsp3) is 0.229. The first-order valence-corrected chi connectivity index (χ1v) is 15.3. The van der Waals surface area contributed by atoms with Gasteiger partial charge in [0.25, 0.3) is 5.91 Å². The zero-order valence-corrected chi connectivity index (χ0v) is 25.0. The van der Waals surface area contributed by atoms with E-state index in [2.05, 4.69) is 22.3 Å². The molecule has 42 heavy (non-hydrogen) atoms. The normalized spacial score (nSPS) is 11.5. The Hall–Kier alpha value is -4.36. The molecular weight excluding hydrogens is 544 g/mol. The molecule has 0 spiro atoms. The van der Waals surface area contributed by atoms with Crippen LogP contribution in [-0.2, 0) is 17.9 Å². The van der Waals surface area contributed by atoms with Gasteiger partial charge in [-0.2, -0.15) is 11.8 Å². The number of carbonyl (C=O) groups excluding carboxylic acids is 2. The third-order valence-electron chi connectivity index (χ3n) is 7.21. The molecule has 0 heterocycles. The fourth-order valence-corrected chi connectivity index (χ4v) is 5.36. The van der Waals surface area contributed by atoms with Crippen molar-refractivity contribution < 1.29 is 19.5 Å². The molecule has 4 aromatic carbocycles. The molecule has 0 aliphatic heterocycles. The summed E-state index contributed by atoms with van der Waals surface area (Å²) in [5.74, 6) is -0.801. The summed E-state index contributed by atoms with van der Waals surface area (Å²) < 4.78 is 0. The summed E-state index contributed by atoms with van der Waals surface area (Å²) in [4.78, 5) is 39.4. The molecule has 0 aromatic heterocycles. The molecule has 1 amide bonds. The number of hydrogen-bond acceptors (Lipinski definition) is 5. The second-order valence-electron chi connectivity index (χ2n) is 10.3. The number of benzene rings is 4. The molecule has 0 saturated carbocycles. The maximum absolute atomic E-state index is 13.5. The highest BCUT2D eigenvalue weighted by Gasteiger charge is 2.23. The Morgan fingerprint density at radius 2 is 1.50 bits per heavy atom. The number of Topliss-reactive ketones (excluding diaryl/α,β-unsaturated/α-hetero) is 1. The molecule has 7 heteroatoms. The van der Waals surface area contributed by atoms with Gasteiger partial charge in [-0.1, -0.05) is 60.7 Å². The Bertz CT molecular complexity index is 1540. The van der Waals surface area contributed by atoms with Crippen molar-refractivity contribution in [2.45, 2.75) is 39.4 Å². The average Bonchev–Trinajstić information content (AvgIpc) is 2.99. The minimum absolute atomic E-state index is 0.0199. The van der Waals surface area contributed by atoms with Gasteiger partial charge in [0.2, 0.25) is 0 Å². The summed E-state index contributed by atoms with van der Waals surface area (Å²) in [6.07, 6.45) is 2.26. The Morgan fingerprint density at radius 3 is 2.14 bits per heavy atom. The van der Waals surface area contributed by atoms with E-state index >= 15 is 0 Å². The number of carbonyl (C=O) groups is 3. The van der Waals surface area contributed by atoms with E-state index in [9.17, 15) is 19.5 Å². The lowest BCUT2D eigenvalue weighted by Crippen LogP contribution is -2.41. The molecule has 0 fully saturated rings. The maximum atomic E-state index is 13.5. The van der Waals surface area contributed by atoms with Gasteiger partial charge in [-0.15, -0.1) is 0 Å². The predicted molar refractivity (Wildman–Crippen MR) is 171 cm³/mol. The van der Waals surface area contributed by atoms with Gasteiger partial charge in [-0.3, -0.25) is 9.59 Å². The van der Waals surface area contributed by atoms with Crippen molar-refractivity contribution in [2.75, 3.05) is 16.9 Å². The molecule has 0 saturated heterocycles. The molecule has 1 atom stereocenters. The molecule has 6 nitrogen and oxygen atoms in total. The summed E-state index contributed by atoms with van der Waals surface area (Å²) in [5.41, 5.74) is 6.89. The lowest BCUT2D eigenvalue weighted by molar-refractivity contribution is -0.139. The van der Waals surface area contributed by atoms with Crippen LogP contribution in [0.2, 0.25) is 0 Å². The third-order valence-corrected chi connectivity index (χ3v) is 7.85. The second kappa shape index (κ2) is 14.5. The first-order valence-electron chi connectivity index (χ1n) is 13.9. The lowest BCUT2D eigenvalue weighted by Gasteiger charge is -2.26. The van der Waals surface area contributed by atoms with Crippen LogP contribution in [0.15, 0.2) is 97.1 Å². The lowest BCUT2D eigenvalue weighted by atomic mass is 9.93. The maximum Gasteiger partial charge on any atom is 0.326 e. The first-order chi connectivity index (χ1) is 20.3. The van der Waals surface area contributed by atoms with Gasteiger partial charge in [0.05, 0.1) is 0 Å². The Morgan fingerprint density at radius 1 is 0.833 bits per heavy atom. The largest absolute Gasteiger partial charge is 0.480 e. The molecule has 0 radical (unpaired) electrons. The van der Waals surface area contributed by atoms with Gasteiger partial charge < -0.3 is 15.3 Å². The number of hydrogen-bond donors (Lipinski definition) is 2. The van der Waals surface area contributed by atoms with Gasteiger partial charge in [0, 0.05) is 29.9 Å². The van der Waals surface area contributed by atoms with E-state index in [1.165, 1.54) is 0 Å². The van der Waals surface area contributed by atoms with Crippen molar-refractivity contribution in [3.63, 3.8) is 0 Å². The molecule has 216 valence electrons. The number of anilines is 1. The topological polar surface area (TPSA) is 86.7 Å². The van der Waals surface area contributed by atoms with E-state index < -0.39 is 17.9 Å². The van der Waals surface area contributed by atoms with Gasteiger partial charge >= 0.3 is 5.97 Å². The molecule has 4 rings (SSSR count). The summed E-state index contributed by atoms with van der Waals surface area (Å²) in [5, 5.41) is 12.4. The van der Waals surface area contributed by atoms with Crippen LogP contribution < -0.4 is 10.2 Å². The standard InChI is InChI=1S/C35H36N2O4S/c1-24-9-7-8-12-30(24)32-21-27(13-18-31(32)34(39)36-33(35(40)41)19-20-42-3)23-37(22-26-10-5-4-6-11-26)29-16-14-28(15-17-29)25(2)38/h4-18,21,33H,19-20,22-23H2,1-3H3,(H,36,39)(H,40,41). The fourth-order valence-electron chi connectivity index (χ4n) is 4.88. The monoisotopic (exact) mass is 580 g/mol. The van der Waals surface area contributed by atoms with Gasteiger partial charge in [0.1, 0.15) is 6.04 Å². The van der Waals surface area contributed by atoms with Gasteiger partial charge in [0.15, 0.2) is 5.78 Å². The number of aryl methyl sites for hydroxylation is 1. The second-order valence-corrected chi connectivity index (χ2v) is 11.3. The number of ketones is 1. The molecule has 0 aliphatic carbocycles. The quantitative estimate of drug-likeness (QED) is 0.166. The molecule has 1 unspecified atom stereocenters. The van der Waals surface area contributed by atoms with E-state index in [-0.39, 0.29) is 5.78 Å². The van der Waals surface area contributed by atoms with Crippen molar-refractivity contribution in [2.24, 2.45) is 0 Å². The summed E-state index contributed by atoms with van der Waals surface area (Å²) in [6, 6.07) is 30.5. The van der Waals surface area contributed by atoms with Crippen LogP contribution in [-0.4, -0.2) is 40.8 Å². The third kappa shape index (κ3) is 7.89. The van der Waals surface area contributed by atoms with E-state index in [0.29, 0.717) is 36.4 Å². The van der Waals surface area contributed by atoms with Crippen LogP contribution in [0.4, 0.5) is 5.69 Å². The number of thioether (sulfide) groups is 1. The number of carboxylic acids is 1. The van der Waals surface area contributed by atoms with Crippen molar-refractivity contribution in [1.82, 2.24) is 5.32 Å². The predicted octanol–water partition coefficient (Wildman–Crippen LogP) is 7.01. The zero-order chi connectivity index (χ0) is 30.1. The summed E-state index contributed by atoms with van der Waals surface area (Å²) >= 11 is 1.54. The number of carboxylic acid groups (broad SMARTS) is 1. The number of aliphatic carboxylic acids is 1. The Balaban J connectivity index is 1.72. The highest BCUT2D eigenvalue weighted by Crippen LogP contribution is 2.30. The van der Waals surface area contributed by atoms with Crippen LogP contribution in [0.25, 0.3) is 11.1 Å². The molecule has 0 aliphatic rings. The number of nitrogens with zero attached hydrogens (tertiary/aromatic N) is 1. The van der Waals surface area contributed by atoms with Crippen LogP contribution in [0.1, 0.15) is 50.8 Å². The van der Waals surface area contributed by atoms with Crippen LogP contribution in [0.3, 0.4) is 0 Å². The molecule has 4 aromatic rings. The first kappa shape index (κ1) is 30.6. The van der Waals surface area contributed by atoms with Crippen LogP contribution >= 0.6 is 11.8 Å². The van der Waals surface area contributed by atoms with Crippen LogP contribution in [0.5, 0.6) is 0 Å². The Kier molecular flexibility index (Phi) is 10.6. The minimum atomic E-state index is -1.04. The molecule has 0 bridgehead atoms. The minimum Gasteiger partial charge on any atom is -0.480 e. The number of amides is 1. The van der Waals surface area contributed by atoms with E-state index in [4.69, 9.17) is 0 Å². The molecule has 2 N–H and O–H groups in total. The van der Waals surface area contributed by atoms with Gasteiger partial charge in [-0.25, -0.2) is 4.79 Å². The SMILES string of the molecule is CSCCC(NC(=O)c1ccc(CN(Cc2ccccc2)c2ccc(C(C)=O)cc2)cc1-c1ccccc1C)C(=O)O. The van der Waals surface area contributed by atoms with Crippen LogP contribution in [0, 0.1) is 6.92 Å². The average molecular weight is 581 g/mol.